The summed E-state index contributed by atoms with van der Waals surface area (Å²) in [6, 6.07) is 5.41. The average Bonchev–Trinajstić information content (AvgIpc) is 2.19. The summed E-state index contributed by atoms with van der Waals surface area (Å²) >= 11 is 0. The van der Waals surface area contributed by atoms with Crippen LogP contribution in [0.3, 0.4) is 0 Å². The first-order valence-corrected chi connectivity index (χ1v) is 4.33. The molecule has 82 valence electrons. The van der Waals surface area contributed by atoms with E-state index in [9.17, 15) is 14.4 Å². The van der Waals surface area contributed by atoms with Crippen LogP contribution in [0.1, 0.15) is 0 Å². The van der Waals surface area contributed by atoms with Gasteiger partial charge in [-0.3, -0.25) is 9.97 Å². The van der Waals surface area contributed by atoms with Gasteiger partial charge in [-0.05, 0) is 24.3 Å². The van der Waals surface area contributed by atoms with Crippen molar-refractivity contribution in [2.75, 3.05) is 0 Å². The van der Waals surface area contributed by atoms with Crippen molar-refractivity contribution in [3.63, 3.8) is 0 Å². The molecule has 0 unspecified atom stereocenters. The van der Waals surface area contributed by atoms with Crippen LogP contribution < -0.4 is 17.1 Å². The van der Waals surface area contributed by atoms with Gasteiger partial charge < -0.3 is 5.11 Å². The molecule has 1 aromatic heterocycles. The van der Waals surface area contributed by atoms with Crippen molar-refractivity contribution >= 4 is 0 Å². The lowest BCUT2D eigenvalue weighted by Crippen LogP contribution is -2.42. The summed E-state index contributed by atoms with van der Waals surface area (Å²) in [5.41, 5.74) is -2.27. The topological polar surface area (TPSA) is 108 Å². The van der Waals surface area contributed by atoms with Gasteiger partial charge in [0.15, 0.2) is 0 Å². The van der Waals surface area contributed by atoms with Crippen molar-refractivity contribution in [2.24, 2.45) is 0 Å². The molecule has 0 aliphatic rings. The fraction of sp³-hybridized carbons (Fsp3) is 0. The van der Waals surface area contributed by atoms with Gasteiger partial charge in [-0.15, -0.1) is 0 Å². The molecule has 2 rings (SSSR count). The molecule has 16 heavy (non-hydrogen) atoms. The summed E-state index contributed by atoms with van der Waals surface area (Å²) in [6.45, 7) is 0. The summed E-state index contributed by atoms with van der Waals surface area (Å²) in [7, 11) is 0. The third-order valence-electron chi connectivity index (χ3n) is 1.96. The van der Waals surface area contributed by atoms with Crippen LogP contribution in [0, 0.1) is 0 Å². The number of benzene rings is 1. The van der Waals surface area contributed by atoms with E-state index in [1.165, 1.54) is 24.3 Å². The molecule has 1 heterocycles. The Bertz CT molecular complexity index is 643. The first-order chi connectivity index (χ1) is 7.58. The van der Waals surface area contributed by atoms with Gasteiger partial charge in [0.2, 0.25) is 0 Å². The van der Waals surface area contributed by atoms with Crippen LogP contribution in [-0.4, -0.2) is 19.6 Å². The van der Waals surface area contributed by atoms with E-state index in [0.29, 0.717) is 0 Å². The Morgan fingerprint density at radius 1 is 0.938 bits per heavy atom. The monoisotopic (exact) mass is 221 g/mol. The highest BCUT2D eigenvalue weighted by atomic mass is 16.3. The van der Waals surface area contributed by atoms with Crippen LogP contribution in [0.5, 0.6) is 5.75 Å². The number of aromatic amines is 2. The smallest absolute Gasteiger partial charge is 0.338 e. The summed E-state index contributed by atoms with van der Waals surface area (Å²) in [4.78, 5) is 37.4. The molecule has 0 radical (unpaired) electrons. The van der Waals surface area contributed by atoms with Crippen molar-refractivity contribution in [3.8, 4) is 11.4 Å². The van der Waals surface area contributed by atoms with Crippen LogP contribution in [0.25, 0.3) is 5.69 Å². The SMILES string of the molecule is O=c1[nH]c(=O)n(-c2ccc(O)cc2)c(=O)[nH]1. The molecule has 0 amide bonds. The van der Waals surface area contributed by atoms with E-state index in [1.54, 1.807) is 0 Å². The van der Waals surface area contributed by atoms with Gasteiger partial charge in [0.25, 0.3) is 0 Å². The third kappa shape index (κ3) is 1.65. The predicted molar refractivity (Wildman–Crippen MR) is 54.9 cm³/mol. The zero-order chi connectivity index (χ0) is 11.7. The Morgan fingerprint density at radius 2 is 1.44 bits per heavy atom. The summed E-state index contributed by atoms with van der Waals surface area (Å²) < 4.78 is 0.751. The predicted octanol–water partition coefficient (Wildman–Crippen LogP) is -1.08. The standard InChI is InChI=1S/C9H7N3O4/c13-6-3-1-5(2-4-6)12-8(15)10-7(14)11-9(12)16/h1-4,13H,(H2,10,11,14,15,16). The Balaban J connectivity index is 2.75. The number of aromatic nitrogens is 3. The minimum Gasteiger partial charge on any atom is -0.508 e. The lowest BCUT2D eigenvalue weighted by Gasteiger charge is -2.02. The van der Waals surface area contributed by atoms with E-state index < -0.39 is 17.1 Å². The Hall–Kier alpha value is -2.57. The van der Waals surface area contributed by atoms with Crippen LogP contribution >= 0.6 is 0 Å². The largest absolute Gasteiger partial charge is 0.508 e. The van der Waals surface area contributed by atoms with Crippen molar-refractivity contribution in [1.29, 1.82) is 0 Å². The van der Waals surface area contributed by atoms with E-state index >= 15 is 0 Å². The fourth-order valence-electron chi connectivity index (χ4n) is 1.27. The zero-order valence-electron chi connectivity index (χ0n) is 7.93. The highest BCUT2D eigenvalue weighted by Crippen LogP contribution is 2.10. The van der Waals surface area contributed by atoms with Gasteiger partial charge in [0.05, 0.1) is 5.69 Å². The Labute approximate surface area is 87.6 Å². The molecule has 0 bridgehead atoms. The number of phenols is 1. The molecule has 3 N–H and O–H groups in total. The average molecular weight is 221 g/mol. The fourth-order valence-corrected chi connectivity index (χ4v) is 1.27. The molecule has 0 aliphatic carbocycles. The summed E-state index contributed by atoms with van der Waals surface area (Å²) in [5, 5.41) is 9.06. The van der Waals surface area contributed by atoms with Gasteiger partial charge in [-0.2, -0.15) is 0 Å². The number of nitrogens with zero attached hydrogens (tertiary/aromatic N) is 1. The molecule has 7 heteroatoms. The Morgan fingerprint density at radius 3 is 1.94 bits per heavy atom. The number of rotatable bonds is 1. The van der Waals surface area contributed by atoms with Gasteiger partial charge in [0, 0.05) is 0 Å². The maximum Gasteiger partial charge on any atom is 0.338 e. The second-order valence-electron chi connectivity index (χ2n) is 3.04. The van der Waals surface area contributed by atoms with Gasteiger partial charge >= 0.3 is 17.1 Å². The minimum absolute atomic E-state index is 0.0117. The molecular formula is C9H7N3O4. The van der Waals surface area contributed by atoms with Gasteiger partial charge in [0.1, 0.15) is 5.75 Å². The maximum atomic E-state index is 11.4. The maximum absolute atomic E-state index is 11.4. The van der Waals surface area contributed by atoms with E-state index in [4.69, 9.17) is 5.11 Å². The molecule has 0 saturated heterocycles. The Kier molecular flexibility index (Phi) is 2.20. The highest BCUT2D eigenvalue weighted by Gasteiger charge is 2.04. The minimum atomic E-state index is -0.856. The number of H-pyrrole nitrogens is 2. The van der Waals surface area contributed by atoms with Crippen molar-refractivity contribution < 1.29 is 5.11 Å². The van der Waals surface area contributed by atoms with Crippen molar-refractivity contribution in [1.82, 2.24) is 14.5 Å². The van der Waals surface area contributed by atoms with Gasteiger partial charge in [-0.1, -0.05) is 0 Å². The molecule has 0 spiro atoms. The molecule has 0 saturated carbocycles. The molecule has 0 fully saturated rings. The number of hydrogen-bond acceptors (Lipinski definition) is 4. The quantitative estimate of drug-likeness (QED) is 0.569. The van der Waals surface area contributed by atoms with Crippen LogP contribution in [0.15, 0.2) is 38.6 Å². The first-order valence-electron chi connectivity index (χ1n) is 4.33. The zero-order valence-corrected chi connectivity index (χ0v) is 7.93. The van der Waals surface area contributed by atoms with Crippen molar-refractivity contribution in [3.05, 3.63) is 55.7 Å². The third-order valence-corrected chi connectivity index (χ3v) is 1.96. The highest BCUT2D eigenvalue weighted by molar-refractivity contribution is 5.36. The van der Waals surface area contributed by atoms with Crippen LogP contribution in [0.4, 0.5) is 0 Å². The number of hydrogen-bond donors (Lipinski definition) is 3. The number of phenolic OH excluding ortho intramolecular Hbond substituents is 1. The number of nitrogens with one attached hydrogen (secondary N) is 2. The molecular weight excluding hydrogens is 214 g/mol. The molecule has 7 nitrogen and oxygen atoms in total. The number of aromatic hydroxyl groups is 1. The molecule has 1 aromatic carbocycles. The molecule has 0 aliphatic heterocycles. The molecule has 0 atom stereocenters. The lowest BCUT2D eigenvalue weighted by molar-refractivity contribution is 0.475. The second kappa shape index (κ2) is 3.54. The van der Waals surface area contributed by atoms with E-state index in [0.717, 1.165) is 4.57 Å². The van der Waals surface area contributed by atoms with Crippen LogP contribution in [-0.2, 0) is 0 Å². The molecule has 2 aromatic rings. The lowest BCUT2D eigenvalue weighted by atomic mass is 10.3. The van der Waals surface area contributed by atoms with Gasteiger partial charge in [-0.25, -0.2) is 19.0 Å². The normalized spacial score (nSPS) is 10.2. The second-order valence-corrected chi connectivity index (χ2v) is 3.04. The first kappa shape index (κ1) is 9.97. The van der Waals surface area contributed by atoms with E-state index in [2.05, 4.69) is 0 Å². The van der Waals surface area contributed by atoms with Crippen molar-refractivity contribution in [2.45, 2.75) is 0 Å². The van der Waals surface area contributed by atoms with Crippen LogP contribution in [0.2, 0.25) is 0 Å². The summed E-state index contributed by atoms with van der Waals surface area (Å²) in [5.74, 6) is 0.0117. The van der Waals surface area contributed by atoms with E-state index in [1.807, 2.05) is 9.97 Å². The van der Waals surface area contributed by atoms with E-state index in [-0.39, 0.29) is 11.4 Å². The summed E-state index contributed by atoms with van der Waals surface area (Å²) in [6.07, 6.45) is 0.